The summed E-state index contributed by atoms with van der Waals surface area (Å²) in [6.45, 7) is 5.98. The quantitative estimate of drug-likeness (QED) is 0.838. The lowest BCUT2D eigenvalue weighted by molar-refractivity contribution is 0.322. The van der Waals surface area contributed by atoms with Crippen molar-refractivity contribution in [2.24, 2.45) is 5.92 Å². The monoisotopic (exact) mass is 323 g/mol. The van der Waals surface area contributed by atoms with Gasteiger partial charge < -0.3 is 9.64 Å². The number of rotatable bonds is 3. The van der Waals surface area contributed by atoms with E-state index < -0.39 is 0 Å². The molecule has 1 aromatic rings. The second kappa shape index (κ2) is 5.45. The SMILES string of the molecule is CCCN1CC2CCc3c(Br)ccc(OC)c3C2C1. The summed E-state index contributed by atoms with van der Waals surface area (Å²) in [5.74, 6) is 2.58. The molecule has 0 saturated carbocycles. The smallest absolute Gasteiger partial charge is 0.122 e. The van der Waals surface area contributed by atoms with E-state index in [1.807, 2.05) is 0 Å². The van der Waals surface area contributed by atoms with E-state index in [-0.39, 0.29) is 0 Å². The minimum atomic E-state index is 0.669. The van der Waals surface area contributed by atoms with Gasteiger partial charge in [-0.2, -0.15) is 0 Å². The Morgan fingerprint density at radius 1 is 1.37 bits per heavy atom. The van der Waals surface area contributed by atoms with Crippen LogP contribution in [0.25, 0.3) is 0 Å². The Morgan fingerprint density at radius 2 is 2.21 bits per heavy atom. The van der Waals surface area contributed by atoms with E-state index in [0.717, 1.165) is 11.7 Å². The first-order valence-electron chi connectivity index (χ1n) is 7.32. The molecule has 0 amide bonds. The van der Waals surface area contributed by atoms with Crippen LogP contribution >= 0.6 is 15.9 Å². The van der Waals surface area contributed by atoms with E-state index in [4.69, 9.17) is 4.74 Å². The highest BCUT2D eigenvalue weighted by molar-refractivity contribution is 9.10. The number of methoxy groups -OCH3 is 1. The second-order valence-electron chi connectivity index (χ2n) is 5.81. The van der Waals surface area contributed by atoms with Crippen LogP contribution < -0.4 is 4.74 Å². The molecule has 3 heteroatoms. The molecule has 19 heavy (non-hydrogen) atoms. The molecule has 0 aromatic heterocycles. The topological polar surface area (TPSA) is 12.5 Å². The minimum Gasteiger partial charge on any atom is -0.496 e. The highest BCUT2D eigenvalue weighted by Crippen LogP contribution is 2.47. The molecule has 1 fully saturated rings. The Balaban J connectivity index is 1.97. The van der Waals surface area contributed by atoms with Gasteiger partial charge in [-0.05, 0) is 49.4 Å². The van der Waals surface area contributed by atoms with Crippen molar-refractivity contribution in [1.29, 1.82) is 0 Å². The Hall–Kier alpha value is -0.540. The van der Waals surface area contributed by atoms with E-state index in [2.05, 4.69) is 39.9 Å². The fraction of sp³-hybridized carbons (Fsp3) is 0.625. The third kappa shape index (κ3) is 2.31. The molecule has 1 heterocycles. The summed E-state index contributed by atoms with van der Waals surface area (Å²) in [7, 11) is 1.80. The summed E-state index contributed by atoms with van der Waals surface area (Å²) >= 11 is 3.72. The normalized spacial score (nSPS) is 26.1. The second-order valence-corrected chi connectivity index (χ2v) is 6.66. The van der Waals surface area contributed by atoms with Crippen molar-refractivity contribution in [2.45, 2.75) is 32.1 Å². The summed E-state index contributed by atoms with van der Waals surface area (Å²) < 4.78 is 6.89. The number of ether oxygens (including phenoxy) is 1. The molecule has 2 unspecified atom stereocenters. The van der Waals surface area contributed by atoms with Crippen LogP contribution in [0.2, 0.25) is 0 Å². The molecule has 1 aliphatic carbocycles. The third-order valence-corrected chi connectivity index (χ3v) is 5.42. The lowest BCUT2D eigenvalue weighted by Crippen LogP contribution is -2.21. The van der Waals surface area contributed by atoms with Crippen LogP contribution in [0, 0.1) is 5.92 Å². The zero-order valence-electron chi connectivity index (χ0n) is 11.8. The molecule has 2 nitrogen and oxygen atoms in total. The van der Waals surface area contributed by atoms with Crippen molar-refractivity contribution in [3.8, 4) is 5.75 Å². The summed E-state index contributed by atoms with van der Waals surface area (Å²) in [5.41, 5.74) is 2.96. The Morgan fingerprint density at radius 3 is 2.95 bits per heavy atom. The largest absolute Gasteiger partial charge is 0.496 e. The number of fused-ring (bicyclic) bond motifs is 3. The van der Waals surface area contributed by atoms with Crippen LogP contribution in [0.5, 0.6) is 5.75 Å². The van der Waals surface area contributed by atoms with Gasteiger partial charge in [0.2, 0.25) is 0 Å². The number of likely N-dealkylation sites (tertiary alicyclic amines) is 1. The summed E-state index contributed by atoms with van der Waals surface area (Å²) in [6, 6.07) is 4.25. The Labute approximate surface area is 124 Å². The molecule has 3 rings (SSSR count). The molecule has 104 valence electrons. The Bertz CT molecular complexity index is 474. The lowest BCUT2D eigenvalue weighted by Gasteiger charge is -2.29. The maximum absolute atomic E-state index is 5.63. The molecule has 0 bridgehead atoms. The zero-order valence-corrected chi connectivity index (χ0v) is 13.4. The predicted molar refractivity (Wildman–Crippen MR) is 82.0 cm³/mol. The predicted octanol–water partition coefficient (Wildman–Crippen LogP) is 3.83. The molecule has 0 N–H and O–H groups in total. The fourth-order valence-corrected chi connectivity index (χ4v) is 4.41. The van der Waals surface area contributed by atoms with E-state index in [1.165, 1.54) is 54.5 Å². The van der Waals surface area contributed by atoms with Crippen molar-refractivity contribution >= 4 is 15.9 Å². The first-order valence-corrected chi connectivity index (χ1v) is 8.11. The molecule has 1 aliphatic heterocycles. The molecular formula is C16H22BrNO. The van der Waals surface area contributed by atoms with Crippen molar-refractivity contribution in [2.75, 3.05) is 26.7 Å². The van der Waals surface area contributed by atoms with E-state index >= 15 is 0 Å². The van der Waals surface area contributed by atoms with E-state index in [0.29, 0.717) is 5.92 Å². The van der Waals surface area contributed by atoms with Gasteiger partial charge in [0.25, 0.3) is 0 Å². The van der Waals surface area contributed by atoms with Crippen LogP contribution in [0.4, 0.5) is 0 Å². The van der Waals surface area contributed by atoms with Crippen LogP contribution in [0.3, 0.4) is 0 Å². The first-order chi connectivity index (χ1) is 9.24. The lowest BCUT2D eigenvalue weighted by atomic mass is 9.76. The van der Waals surface area contributed by atoms with Gasteiger partial charge in [0, 0.05) is 29.0 Å². The summed E-state index contributed by atoms with van der Waals surface area (Å²) in [4.78, 5) is 2.63. The van der Waals surface area contributed by atoms with Crippen molar-refractivity contribution in [1.82, 2.24) is 4.90 Å². The van der Waals surface area contributed by atoms with Gasteiger partial charge in [0.1, 0.15) is 5.75 Å². The van der Waals surface area contributed by atoms with Crippen molar-refractivity contribution in [3.05, 3.63) is 27.7 Å². The standard InChI is InChI=1S/C16H22BrNO/c1-3-8-18-9-11-4-5-12-14(17)6-7-15(19-2)16(12)13(11)10-18/h6-7,11,13H,3-5,8-10H2,1-2H3. The van der Waals surface area contributed by atoms with Gasteiger partial charge >= 0.3 is 0 Å². The third-order valence-electron chi connectivity index (χ3n) is 4.67. The van der Waals surface area contributed by atoms with Crippen LogP contribution in [0.1, 0.15) is 36.8 Å². The number of hydrogen-bond donors (Lipinski definition) is 0. The molecular weight excluding hydrogens is 302 g/mol. The average Bonchev–Trinajstić information content (AvgIpc) is 2.82. The van der Waals surface area contributed by atoms with Crippen LogP contribution in [0.15, 0.2) is 16.6 Å². The minimum absolute atomic E-state index is 0.669. The van der Waals surface area contributed by atoms with Gasteiger partial charge in [-0.25, -0.2) is 0 Å². The number of nitrogens with zero attached hydrogens (tertiary/aromatic N) is 1. The van der Waals surface area contributed by atoms with Crippen molar-refractivity contribution in [3.63, 3.8) is 0 Å². The summed E-state index contributed by atoms with van der Waals surface area (Å²) in [6.07, 6.45) is 3.76. The van der Waals surface area contributed by atoms with Gasteiger partial charge in [0.15, 0.2) is 0 Å². The molecule has 0 radical (unpaired) electrons. The fourth-order valence-electron chi connectivity index (χ4n) is 3.86. The van der Waals surface area contributed by atoms with Crippen LogP contribution in [-0.4, -0.2) is 31.6 Å². The van der Waals surface area contributed by atoms with Crippen molar-refractivity contribution < 1.29 is 4.74 Å². The molecule has 1 aromatic carbocycles. The van der Waals surface area contributed by atoms with Gasteiger partial charge in [-0.1, -0.05) is 22.9 Å². The van der Waals surface area contributed by atoms with Crippen LogP contribution in [-0.2, 0) is 6.42 Å². The molecule has 1 saturated heterocycles. The number of hydrogen-bond acceptors (Lipinski definition) is 2. The average molecular weight is 324 g/mol. The first kappa shape index (κ1) is 13.4. The van der Waals surface area contributed by atoms with E-state index in [1.54, 1.807) is 7.11 Å². The number of halogens is 1. The highest BCUT2D eigenvalue weighted by atomic mass is 79.9. The molecule has 2 aliphatic rings. The Kier molecular flexibility index (Phi) is 3.86. The summed E-state index contributed by atoms with van der Waals surface area (Å²) in [5, 5.41) is 0. The van der Waals surface area contributed by atoms with Gasteiger partial charge in [-0.3, -0.25) is 0 Å². The highest BCUT2D eigenvalue weighted by Gasteiger charge is 2.39. The maximum Gasteiger partial charge on any atom is 0.122 e. The number of benzene rings is 1. The van der Waals surface area contributed by atoms with Gasteiger partial charge in [0.05, 0.1) is 7.11 Å². The molecule has 2 atom stereocenters. The van der Waals surface area contributed by atoms with Gasteiger partial charge in [-0.15, -0.1) is 0 Å². The van der Waals surface area contributed by atoms with E-state index in [9.17, 15) is 0 Å². The zero-order chi connectivity index (χ0) is 13.4. The maximum atomic E-state index is 5.63. The molecule has 0 spiro atoms.